The summed E-state index contributed by atoms with van der Waals surface area (Å²) in [5.41, 5.74) is 3.11. The van der Waals surface area contributed by atoms with E-state index in [-0.39, 0.29) is 11.4 Å². The van der Waals surface area contributed by atoms with Crippen LogP contribution < -0.4 is 5.56 Å². The van der Waals surface area contributed by atoms with E-state index in [0.717, 1.165) is 27.5 Å². The molecule has 6 aromatic rings. The fraction of sp³-hybridized carbons (Fsp3) is 0.103. The van der Waals surface area contributed by atoms with Gasteiger partial charge in [-0.05, 0) is 44.2 Å². The third-order valence-electron chi connectivity index (χ3n) is 6.65. The van der Waals surface area contributed by atoms with E-state index in [0.29, 0.717) is 22.2 Å². The Morgan fingerprint density at radius 3 is 2.51 bits per heavy atom. The molecule has 1 N–H and O–H groups in total. The van der Waals surface area contributed by atoms with Crippen LogP contribution in [-0.4, -0.2) is 31.5 Å². The van der Waals surface area contributed by atoms with Gasteiger partial charge in [-0.15, -0.1) is 0 Å². The fourth-order valence-electron chi connectivity index (χ4n) is 4.79. The van der Waals surface area contributed by atoms with Gasteiger partial charge in [0.15, 0.2) is 5.76 Å². The van der Waals surface area contributed by atoms with Gasteiger partial charge >= 0.3 is 5.97 Å². The van der Waals surface area contributed by atoms with Crippen molar-refractivity contribution >= 4 is 45.0 Å². The molecule has 3 aromatic carbocycles. The molecule has 6 rings (SSSR count). The first-order chi connectivity index (χ1) is 17.9. The normalized spacial score (nSPS) is 12.7. The van der Waals surface area contributed by atoms with Crippen LogP contribution in [0.2, 0.25) is 0 Å². The van der Waals surface area contributed by atoms with Crippen LogP contribution >= 0.6 is 0 Å². The van der Waals surface area contributed by atoms with Crippen LogP contribution in [0.1, 0.15) is 24.2 Å². The summed E-state index contributed by atoms with van der Waals surface area (Å²) >= 11 is 0. The highest BCUT2D eigenvalue weighted by Gasteiger charge is 2.22. The Morgan fingerprint density at radius 2 is 1.73 bits per heavy atom. The lowest BCUT2D eigenvalue weighted by Gasteiger charge is -2.13. The number of rotatable bonds is 5. The number of carboxylic acids is 1. The molecule has 37 heavy (non-hydrogen) atoms. The number of para-hydroxylation sites is 3. The van der Waals surface area contributed by atoms with Crippen LogP contribution in [0.4, 0.5) is 0 Å². The van der Waals surface area contributed by atoms with Crippen molar-refractivity contribution < 1.29 is 14.3 Å². The third-order valence-corrected chi connectivity index (χ3v) is 6.65. The second-order valence-corrected chi connectivity index (χ2v) is 8.86. The van der Waals surface area contributed by atoms with E-state index >= 15 is 0 Å². The molecule has 3 aromatic heterocycles. The molecule has 0 aliphatic heterocycles. The van der Waals surface area contributed by atoms with Crippen LogP contribution in [0, 0.1) is 6.92 Å². The molecule has 0 radical (unpaired) electrons. The van der Waals surface area contributed by atoms with Crippen molar-refractivity contribution in [1.82, 2.24) is 14.2 Å². The zero-order valence-electron chi connectivity index (χ0n) is 20.1. The SMILES string of the molecule is Cc1c(C=Nn2c(-c3cc4ccccc4o3)nc3ccccc3c2=O)c2ccccc2n1[C@H](C)C(=O)O. The molecule has 0 aliphatic rings. The predicted octanol–water partition coefficient (Wildman–Crippen LogP) is 5.60. The first-order valence-corrected chi connectivity index (χ1v) is 11.8. The van der Waals surface area contributed by atoms with E-state index in [9.17, 15) is 14.7 Å². The summed E-state index contributed by atoms with van der Waals surface area (Å²) in [6.45, 7) is 3.49. The number of hydrogen-bond donors (Lipinski definition) is 1. The van der Waals surface area contributed by atoms with E-state index in [1.165, 1.54) is 4.68 Å². The highest BCUT2D eigenvalue weighted by Crippen LogP contribution is 2.29. The van der Waals surface area contributed by atoms with Crippen LogP contribution in [0.5, 0.6) is 0 Å². The highest BCUT2D eigenvalue weighted by atomic mass is 16.4. The summed E-state index contributed by atoms with van der Waals surface area (Å²) in [6.07, 6.45) is 1.59. The van der Waals surface area contributed by atoms with Crippen molar-refractivity contribution in [2.45, 2.75) is 19.9 Å². The minimum Gasteiger partial charge on any atom is -0.480 e. The van der Waals surface area contributed by atoms with Gasteiger partial charge in [-0.1, -0.05) is 48.5 Å². The first kappa shape index (κ1) is 22.5. The van der Waals surface area contributed by atoms with Gasteiger partial charge < -0.3 is 14.1 Å². The van der Waals surface area contributed by atoms with Gasteiger partial charge in [-0.2, -0.15) is 9.78 Å². The number of hydrogen-bond acceptors (Lipinski definition) is 5. The zero-order valence-corrected chi connectivity index (χ0v) is 20.1. The van der Waals surface area contributed by atoms with Gasteiger partial charge in [-0.3, -0.25) is 4.79 Å². The molecule has 8 nitrogen and oxygen atoms in total. The second-order valence-electron chi connectivity index (χ2n) is 8.86. The zero-order chi connectivity index (χ0) is 25.7. The van der Waals surface area contributed by atoms with Crippen molar-refractivity contribution in [3.8, 4) is 11.6 Å². The monoisotopic (exact) mass is 490 g/mol. The van der Waals surface area contributed by atoms with E-state index in [2.05, 4.69) is 5.10 Å². The van der Waals surface area contributed by atoms with Gasteiger partial charge in [0.25, 0.3) is 5.56 Å². The first-order valence-electron chi connectivity index (χ1n) is 11.8. The summed E-state index contributed by atoms with van der Waals surface area (Å²) in [5, 5.41) is 16.4. The highest BCUT2D eigenvalue weighted by molar-refractivity contribution is 6.02. The molecule has 0 amide bonds. The minimum absolute atomic E-state index is 0.274. The Balaban J connectivity index is 1.59. The average Bonchev–Trinajstić information content (AvgIpc) is 3.46. The topological polar surface area (TPSA) is 103 Å². The van der Waals surface area contributed by atoms with E-state index in [1.807, 2.05) is 67.6 Å². The maximum absolute atomic E-state index is 13.6. The molecular formula is C29H22N4O4. The average molecular weight is 491 g/mol. The molecule has 0 unspecified atom stereocenters. The Morgan fingerprint density at radius 1 is 1.03 bits per heavy atom. The van der Waals surface area contributed by atoms with Gasteiger partial charge in [0, 0.05) is 27.5 Å². The molecular weight excluding hydrogens is 468 g/mol. The van der Waals surface area contributed by atoms with Gasteiger partial charge in [0.2, 0.25) is 5.82 Å². The van der Waals surface area contributed by atoms with Crippen molar-refractivity contribution in [2.75, 3.05) is 0 Å². The second kappa shape index (κ2) is 8.60. The largest absolute Gasteiger partial charge is 0.480 e. The molecule has 0 saturated heterocycles. The quantitative estimate of drug-likeness (QED) is 0.317. The Hall–Kier alpha value is -4.98. The maximum Gasteiger partial charge on any atom is 0.326 e. The number of benzene rings is 3. The predicted molar refractivity (Wildman–Crippen MR) is 143 cm³/mol. The number of aliphatic carboxylic acids is 1. The molecule has 1 atom stereocenters. The molecule has 0 spiro atoms. The van der Waals surface area contributed by atoms with Crippen LogP contribution in [0.15, 0.2) is 93.2 Å². The molecule has 0 fully saturated rings. The van der Waals surface area contributed by atoms with E-state index in [4.69, 9.17) is 9.40 Å². The standard InChI is InChI=1S/C29H22N4O4/c1-17-22(20-10-5-7-13-24(20)32(17)18(2)29(35)36)16-30-33-27(26-15-19-9-3-8-14-25(19)37-26)31-23-12-6-4-11-21(23)28(33)34/h3-16,18H,1-2H3,(H,35,36)/t18-/m1/s1. The summed E-state index contributed by atoms with van der Waals surface area (Å²) in [5.74, 6) is -0.245. The molecule has 182 valence electrons. The summed E-state index contributed by atoms with van der Waals surface area (Å²) < 4.78 is 9.05. The van der Waals surface area contributed by atoms with Crippen molar-refractivity contribution in [1.29, 1.82) is 0 Å². The Labute approximate surface area is 210 Å². The number of nitrogens with zero attached hydrogens (tertiary/aromatic N) is 4. The minimum atomic E-state index is -0.936. The molecule has 8 heteroatoms. The van der Waals surface area contributed by atoms with Crippen molar-refractivity contribution in [3.05, 3.63) is 100 Å². The van der Waals surface area contributed by atoms with Crippen molar-refractivity contribution in [2.24, 2.45) is 5.10 Å². The van der Waals surface area contributed by atoms with Gasteiger partial charge in [0.05, 0.1) is 17.1 Å². The number of carbonyl (C=O) groups is 1. The molecule has 0 aliphatic carbocycles. The Bertz CT molecular complexity index is 1890. The van der Waals surface area contributed by atoms with Gasteiger partial charge in [-0.25, -0.2) is 9.78 Å². The molecule has 3 heterocycles. The maximum atomic E-state index is 13.6. The van der Waals surface area contributed by atoms with Crippen LogP contribution in [0.3, 0.4) is 0 Å². The lowest BCUT2D eigenvalue weighted by Crippen LogP contribution is -2.20. The summed E-state index contributed by atoms with van der Waals surface area (Å²) in [7, 11) is 0. The third kappa shape index (κ3) is 3.61. The van der Waals surface area contributed by atoms with Gasteiger partial charge in [0.1, 0.15) is 11.6 Å². The smallest absolute Gasteiger partial charge is 0.326 e. The van der Waals surface area contributed by atoms with E-state index in [1.54, 1.807) is 35.9 Å². The fourth-order valence-corrected chi connectivity index (χ4v) is 4.79. The van der Waals surface area contributed by atoms with Crippen molar-refractivity contribution in [3.63, 3.8) is 0 Å². The number of furan rings is 1. The molecule has 0 bridgehead atoms. The number of fused-ring (bicyclic) bond motifs is 3. The summed E-state index contributed by atoms with van der Waals surface area (Å²) in [6, 6.07) is 23.3. The van der Waals surface area contributed by atoms with Crippen LogP contribution in [0.25, 0.3) is 44.4 Å². The van der Waals surface area contributed by atoms with Crippen LogP contribution in [-0.2, 0) is 4.79 Å². The van der Waals surface area contributed by atoms with E-state index < -0.39 is 12.0 Å². The lowest BCUT2D eigenvalue weighted by molar-refractivity contribution is -0.140. The number of carboxylic acid groups (broad SMARTS) is 1. The Kier molecular flexibility index (Phi) is 5.22. The lowest BCUT2D eigenvalue weighted by atomic mass is 10.1. The number of aromatic nitrogens is 3. The molecule has 0 saturated carbocycles. The summed E-state index contributed by atoms with van der Waals surface area (Å²) in [4.78, 5) is 30.1.